The molecule has 4 bridgehead atoms. The summed E-state index contributed by atoms with van der Waals surface area (Å²) in [6, 6.07) is 4.67. The molecule has 4 aliphatic carbocycles. The van der Waals surface area contributed by atoms with Crippen molar-refractivity contribution in [3.8, 4) is 5.69 Å². The molecule has 1 amide bonds. The van der Waals surface area contributed by atoms with E-state index < -0.39 is 11.2 Å². The van der Waals surface area contributed by atoms with Crippen molar-refractivity contribution in [1.29, 1.82) is 0 Å². The summed E-state index contributed by atoms with van der Waals surface area (Å²) < 4.78 is 1.03. The van der Waals surface area contributed by atoms with Crippen LogP contribution in [0.1, 0.15) is 55.3 Å². The zero-order chi connectivity index (χ0) is 20.9. The summed E-state index contributed by atoms with van der Waals surface area (Å²) in [4.78, 5) is 38.2. The van der Waals surface area contributed by atoms with Gasteiger partial charge in [-0.2, -0.15) is 9.78 Å². The highest BCUT2D eigenvalue weighted by Gasteiger charge is 2.50. The van der Waals surface area contributed by atoms with Crippen molar-refractivity contribution in [2.45, 2.75) is 44.9 Å². The number of carbonyl (C=O) groups excluding carboxylic acids is 1. The molecule has 0 aliphatic heterocycles. The van der Waals surface area contributed by atoms with Crippen LogP contribution in [0.3, 0.4) is 0 Å². The molecule has 158 valence electrons. The van der Waals surface area contributed by atoms with Crippen molar-refractivity contribution < 1.29 is 4.79 Å². The van der Waals surface area contributed by atoms with E-state index in [0.29, 0.717) is 28.2 Å². The molecule has 8 heteroatoms. The third-order valence-corrected chi connectivity index (χ3v) is 7.59. The zero-order valence-corrected chi connectivity index (χ0v) is 17.5. The molecule has 2 N–H and O–H groups in total. The van der Waals surface area contributed by atoms with E-state index in [2.05, 4.69) is 15.4 Å². The van der Waals surface area contributed by atoms with Gasteiger partial charge in [0, 0.05) is 6.54 Å². The molecule has 7 nitrogen and oxygen atoms in total. The fraction of sp³-hybridized carbons (Fsp3) is 0.545. The zero-order valence-electron chi connectivity index (χ0n) is 16.7. The molecular weight excluding hydrogens is 404 g/mol. The maximum atomic E-state index is 12.8. The lowest BCUT2D eigenvalue weighted by molar-refractivity contribution is -0.0564. The first-order valence-electron chi connectivity index (χ1n) is 10.7. The Labute approximate surface area is 178 Å². The topological polar surface area (TPSA) is 96.8 Å². The van der Waals surface area contributed by atoms with Gasteiger partial charge in [-0.1, -0.05) is 11.6 Å². The average molecular weight is 429 g/mol. The number of halogens is 1. The molecule has 30 heavy (non-hydrogen) atoms. The minimum absolute atomic E-state index is 0.260. The quantitative estimate of drug-likeness (QED) is 0.765. The number of H-pyrrole nitrogens is 1. The average Bonchev–Trinajstić information content (AvgIpc) is 2.67. The van der Waals surface area contributed by atoms with E-state index in [1.54, 1.807) is 12.1 Å². The summed E-state index contributed by atoms with van der Waals surface area (Å²) in [7, 11) is 0. The van der Waals surface area contributed by atoms with Crippen molar-refractivity contribution in [1.82, 2.24) is 20.1 Å². The van der Waals surface area contributed by atoms with Crippen LogP contribution in [0.15, 0.2) is 34.0 Å². The van der Waals surface area contributed by atoms with Crippen LogP contribution < -0.4 is 16.6 Å². The Kier molecular flexibility index (Phi) is 4.81. The minimum atomic E-state index is -0.669. The number of hydrogen-bond acceptors (Lipinski definition) is 4. The van der Waals surface area contributed by atoms with Crippen LogP contribution >= 0.6 is 11.6 Å². The molecule has 2 aromatic rings. The van der Waals surface area contributed by atoms with Crippen molar-refractivity contribution >= 4 is 17.5 Å². The van der Waals surface area contributed by atoms with Crippen molar-refractivity contribution in [2.75, 3.05) is 6.54 Å². The Morgan fingerprint density at radius 1 is 1.17 bits per heavy atom. The SMILES string of the molecule is O=C(NCCC12CC3CC(CC(C3)C1)C2)c1cc(-n2ncc(=O)[nH]c2=O)ccc1Cl. The molecule has 1 heterocycles. The van der Waals surface area contributed by atoms with Gasteiger partial charge in [-0.05, 0) is 86.3 Å². The van der Waals surface area contributed by atoms with Gasteiger partial charge in [0.1, 0.15) is 6.20 Å². The normalized spacial score (nSPS) is 29.2. The van der Waals surface area contributed by atoms with E-state index in [0.717, 1.165) is 35.1 Å². The van der Waals surface area contributed by atoms with Gasteiger partial charge in [0.2, 0.25) is 0 Å². The highest BCUT2D eigenvalue weighted by molar-refractivity contribution is 6.33. The number of nitrogens with one attached hydrogen (secondary N) is 2. The third-order valence-electron chi connectivity index (χ3n) is 7.26. The lowest BCUT2D eigenvalue weighted by Crippen LogP contribution is -2.47. The molecule has 0 spiro atoms. The fourth-order valence-electron chi connectivity index (χ4n) is 6.49. The number of nitrogens with zero attached hydrogens (tertiary/aromatic N) is 2. The van der Waals surface area contributed by atoms with Crippen LogP contribution in [0, 0.1) is 23.2 Å². The lowest BCUT2D eigenvalue weighted by atomic mass is 9.49. The Morgan fingerprint density at radius 3 is 2.47 bits per heavy atom. The third kappa shape index (κ3) is 3.60. The first-order chi connectivity index (χ1) is 14.4. The maximum Gasteiger partial charge on any atom is 0.349 e. The van der Waals surface area contributed by atoms with Crippen LogP contribution in [0.2, 0.25) is 5.02 Å². The smallest absolute Gasteiger partial charge is 0.349 e. The summed E-state index contributed by atoms with van der Waals surface area (Å²) in [6.07, 6.45) is 10.2. The van der Waals surface area contributed by atoms with Crippen LogP contribution in [0.25, 0.3) is 5.69 Å². The van der Waals surface area contributed by atoms with Gasteiger partial charge in [-0.15, -0.1) is 0 Å². The maximum absolute atomic E-state index is 12.8. The molecule has 4 fully saturated rings. The highest BCUT2D eigenvalue weighted by Crippen LogP contribution is 2.61. The first-order valence-corrected chi connectivity index (χ1v) is 11.1. The van der Waals surface area contributed by atoms with E-state index in [-0.39, 0.29) is 5.91 Å². The van der Waals surface area contributed by atoms with Crippen molar-refractivity contribution in [3.05, 3.63) is 55.8 Å². The number of rotatable bonds is 5. The van der Waals surface area contributed by atoms with Crippen LogP contribution in [-0.4, -0.2) is 27.2 Å². The van der Waals surface area contributed by atoms with Gasteiger partial charge in [0.05, 0.1) is 16.3 Å². The summed E-state index contributed by atoms with van der Waals surface area (Å²) in [5.74, 6) is 2.41. The van der Waals surface area contributed by atoms with Crippen molar-refractivity contribution in [3.63, 3.8) is 0 Å². The molecule has 1 aromatic carbocycles. The predicted octanol–water partition coefficient (Wildman–Crippen LogP) is 2.91. The molecule has 0 atom stereocenters. The Morgan fingerprint density at radius 2 is 1.83 bits per heavy atom. The number of benzene rings is 1. The fourth-order valence-corrected chi connectivity index (χ4v) is 6.69. The van der Waals surface area contributed by atoms with E-state index in [1.165, 1.54) is 44.6 Å². The Bertz CT molecular complexity index is 1070. The molecule has 0 radical (unpaired) electrons. The standard InChI is InChI=1S/C22H25ClN4O3/c23-18-2-1-16(27-21(30)26-19(28)12-25-27)8-17(18)20(29)24-4-3-22-9-13-5-14(10-22)7-15(6-13)11-22/h1-2,8,12-15H,3-7,9-11H2,(H,24,29)(H,26,28,30). The summed E-state index contributed by atoms with van der Waals surface area (Å²) in [5.41, 5.74) is -0.182. The molecular formula is C22H25ClN4O3. The van der Waals surface area contributed by atoms with Gasteiger partial charge in [-0.25, -0.2) is 4.79 Å². The van der Waals surface area contributed by atoms with Crippen LogP contribution in [-0.2, 0) is 0 Å². The molecule has 1 aromatic heterocycles. The Balaban J connectivity index is 1.28. The number of hydrogen-bond donors (Lipinski definition) is 2. The molecule has 6 rings (SSSR count). The number of aromatic nitrogens is 3. The van der Waals surface area contributed by atoms with E-state index in [1.807, 2.05) is 0 Å². The van der Waals surface area contributed by atoms with Gasteiger partial charge in [-0.3, -0.25) is 14.6 Å². The van der Waals surface area contributed by atoms with Gasteiger partial charge >= 0.3 is 5.69 Å². The lowest BCUT2D eigenvalue weighted by Gasteiger charge is -2.57. The van der Waals surface area contributed by atoms with Gasteiger partial charge < -0.3 is 5.32 Å². The molecule has 4 aliphatic rings. The number of amides is 1. The Hall–Kier alpha value is -2.41. The molecule has 4 saturated carbocycles. The van der Waals surface area contributed by atoms with E-state index in [9.17, 15) is 14.4 Å². The second-order valence-electron chi connectivity index (χ2n) is 9.44. The minimum Gasteiger partial charge on any atom is -0.352 e. The monoisotopic (exact) mass is 428 g/mol. The first kappa shape index (κ1) is 19.5. The number of carbonyl (C=O) groups is 1. The van der Waals surface area contributed by atoms with Crippen molar-refractivity contribution in [2.24, 2.45) is 23.2 Å². The predicted molar refractivity (Wildman–Crippen MR) is 113 cm³/mol. The highest BCUT2D eigenvalue weighted by atomic mass is 35.5. The van der Waals surface area contributed by atoms with Crippen LogP contribution in [0.5, 0.6) is 0 Å². The summed E-state index contributed by atoms with van der Waals surface area (Å²) in [6.45, 7) is 0.627. The van der Waals surface area contributed by atoms with Gasteiger partial charge in [0.25, 0.3) is 11.5 Å². The van der Waals surface area contributed by atoms with E-state index >= 15 is 0 Å². The summed E-state index contributed by atoms with van der Waals surface area (Å²) in [5, 5.41) is 7.17. The largest absolute Gasteiger partial charge is 0.352 e. The number of aromatic amines is 1. The molecule has 0 unspecified atom stereocenters. The van der Waals surface area contributed by atoms with Gasteiger partial charge in [0.15, 0.2) is 0 Å². The molecule has 0 saturated heterocycles. The van der Waals surface area contributed by atoms with E-state index in [4.69, 9.17) is 11.6 Å². The second kappa shape index (κ2) is 7.38. The second-order valence-corrected chi connectivity index (χ2v) is 9.85. The summed E-state index contributed by atoms with van der Waals surface area (Å²) >= 11 is 6.25. The van der Waals surface area contributed by atoms with Crippen LogP contribution in [0.4, 0.5) is 0 Å².